The lowest BCUT2D eigenvalue weighted by Gasteiger charge is -2.12. The molecule has 0 saturated carbocycles. The van der Waals surface area contributed by atoms with Gasteiger partial charge in [-0.2, -0.15) is 0 Å². The van der Waals surface area contributed by atoms with Gasteiger partial charge in [0, 0.05) is 0 Å². The van der Waals surface area contributed by atoms with Crippen molar-refractivity contribution in [2.75, 3.05) is 5.75 Å². The minimum Gasteiger partial charge on any atom is -0.480 e. The molecule has 0 spiro atoms. The highest BCUT2D eigenvalue weighted by Crippen LogP contribution is 2.08. The van der Waals surface area contributed by atoms with Crippen LogP contribution in [0.15, 0.2) is 0 Å². The molecular formula is C9H17NO3S. The lowest BCUT2D eigenvalue weighted by molar-refractivity contribution is -0.141. The first-order valence-corrected chi connectivity index (χ1v) is 5.66. The van der Waals surface area contributed by atoms with E-state index in [9.17, 15) is 9.59 Å². The number of hydrogen-bond acceptors (Lipinski definition) is 3. The summed E-state index contributed by atoms with van der Waals surface area (Å²) in [6, 6.07) is -0.754. The second-order valence-electron chi connectivity index (χ2n) is 3.23. The van der Waals surface area contributed by atoms with Crippen molar-refractivity contribution < 1.29 is 14.7 Å². The van der Waals surface area contributed by atoms with Crippen LogP contribution < -0.4 is 5.32 Å². The smallest absolute Gasteiger partial charge is 0.326 e. The van der Waals surface area contributed by atoms with Gasteiger partial charge in [-0.05, 0) is 11.7 Å². The summed E-state index contributed by atoms with van der Waals surface area (Å²) in [5.41, 5.74) is 0. The number of carboxylic acid groups (broad SMARTS) is 1. The molecule has 0 unspecified atom stereocenters. The number of carbonyl (C=O) groups is 2. The number of carbonyl (C=O) groups excluding carboxylic acids is 1. The van der Waals surface area contributed by atoms with Gasteiger partial charge < -0.3 is 10.4 Å². The molecule has 82 valence electrons. The SMILES string of the molecule is CC[C@H](NC(=O)CSC(C)C)C(=O)O. The van der Waals surface area contributed by atoms with Gasteiger partial charge in [-0.3, -0.25) is 4.79 Å². The molecule has 0 rings (SSSR count). The third-order valence-corrected chi connectivity index (χ3v) is 2.68. The van der Waals surface area contributed by atoms with Gasteiger partial charge in [0.15, 0.2) is 0 Å². The van der Waals surface area contributed by atoms with Crippen molar-refractivity contribution in [3.05, 3.63) is 0 Å². The van der Waals surface area contributed by atoms with Gasteiger partial charge in [0.1, 0.15) is 6.04 Å². The molecule has 0 aliphatic rings. The lowest BCUT2D eigenvalue weighted by Crippen LogP contribution is -2.41. The number of hydrogen-bond donors (Lipinski definition) is 2. The molecule has 1 amide bonds. The van der Waals surface area contributed by atoms with Crippen LogP contribution in [0, 0.1) is 0 Å². The molecule has 1 atom stereocenters. The first-order chi connectivity index (χ1) is 6.47. The Morgan fingerprint density at radius 3 is 2.36 bits per heavy atom. The maximum absolute atomic E-state index is 11.2. The van der Waals surface area contributed by atoms with Gasteiger partial charge in [0.05, 0.1) is 5.75 Å². The van der Waals surface area contributed by atoms with Crippen molar-refractivity contribution in [2.24, 2.45) is 0 Å². The van der Waals surface area contributed by atoms with E-state index in [1.807, 2.05) is 13.8 Å². The molecule has 0 radical (unpaired) electrons. The van der Waals surface area contributed by atoms with Crippen LogP contribution >= 0.6 is 11.8 Å². The molecule has 5 heteroatoms. The van der Waals surface area contributed by atoms with Crippen molar-refractivity contribution in [1.82, 2.24) is 5.32 Å². The molecule has 14 heavy (non-hydrogen) atoms. The summed E-state index contributed by atoms with van der Waals surface area (Å²) in [6.07, 6.45) is 0.410. The minimum atomic E-state index is -0.976. The monoisotopic (exact) mass is 219 g/mol. The van der Waals surface area contributed by atoms with E-state index >= 15 is 0 Å². The molecule has 0 aliphatic heterocycles. The van der Waals surface area contributed by atoms with Crippen molar-refractivity contribution in [3.8, 4) is 0 Å². The van der Waals surface area contributed by atoms with Crippen molar-refractivity contribution in [2.45, 2.75) is 38.5 Å². The lowest BCUT2D eigenvalue weighted by atomic mass is 10.2. The Bertz CT molecular complexity index is 206. The quantitative estimate of drug-likeness (QED) is 0.702. The molecular weight excluding hydrogens is 202 g/mol. The Labute approximate surface area is 88.4 Å². The molecule has 2 N–H and O–H groups in total. The van der Waals surface area contributed by atoms with Gasteiger partial charge in [0.2, 0.25) is 5.91 Å². The summed E-state index contributed by atoms with van der Waals surface area (Å²) in [6.45, 7) is 5.72. The molecule has 0 aliphatic carbocycles. The predicted octanol–water partition coefficient (Wildman–Crippen LogP) is 1.11. The fraction of sp³-hybridized carbons (Fsp3) is 0.778. The van der Waals surface area contributed by atoms with Crippen LogP contribution in [0.5, 0.6) is 0 Å². The second-order valence-corrected chi connectivity index (χ2v) is 4.79. The molecule has 0 aromatic heterocycles. The van der Waals surface area contributed by atoms with Crippen molar-refractivity contribution >= 4 is 23.6 Å². The zero-order valence-electron chi connectivity index (χ0n) is 8.74. The summed E-state index contributed by atoms with van der Waals surface area (Å²) in [4.78, 5) is 21.8. The van der Waals surface area contributed by atoms with Crippen molar-refractivity contribution in [3.63, 3.8) is 0 Å². The molecule has 0 fully saturated rings. The fourth-order valence-electron chi connectivity index (χ4n) is 0.817. The number of thioether (sulfide) groups is 1. The number of nitrogens with one attached hydrogen (secondary N) is 1. The van der Waals surface area contributed by atoms with Crippen LogP contribution in [0.3, 0.4) is 0 Å². The fourth-order valence-corrected chi connectivity index (χ4v) is 1.38. The standard InChI is InChI=1S/C9H17NO3S/c1-4-7(9(12)13)10-8(11)5-14-6(2)3/h6-7H,4-5H2,1-3H3,(H,10,11)(H,12,13)/t7-/m0/s1. The summed E-state index contributed by atoms with van der Waals surface area (Å²) < 4.78 is 0. The number of amides is 1. The summed E-state index contributed by atoms with van der Waals surface area (Å²) in [7, 11) is 0. The normalized spacial score (nSPS) is 12.6. The van der Waals surface area contributed by atoms with Crippen LogP contribution in [0.1, 0.15) is 27.2 Å². The third-order valence-electron chi connectivity index (χ3n) is 1.59. The van der Waals surface area contributed by atoms with Crippen LogP contribution in [-0.2, 0) is 9.59 Å². The Morgan fingerprint density at radius 2 is 2.00 bits per heavy atom. The molecule has 0 heterocycles. The molecule has 0 aromatic carbocycles. The number of aliphatic carboxylic acids is 1. The maximum atomic E-state index is 11.2. The Hall–Kier alpha value is -0.710. The van der Waals surface area contributed by atoms with Crippen LogP contribution in [-0.4, -0.2) is 34.0 Å². The second kappa shape index (κ2) is 6.70. The highest BCUT2D eigenvalue weighted by Gasteiger charge is 2.17. The van der Waals surface area contributed by atoms with Gasteiger partial charge in [-0.25, -0.2) is 4.79 Å². The zero-order chi connectivity index (χ0) is 11.1. The van der Waals surface area contributed by atoms with E-state index in [0.717, 1.165) is 0 Å². The Morgan fingerprint density at radius 1 is 1.43 bits per heavy atom. The van der Waals surface area contributed by atoms with Gasteiger partial charge in [-0.1, -0.05) is 20.8 Å². The summed E-state index contributed by atoms with van der Waals surface area (Å²) in [5.74, 6) is -0.866. The van der Waals surface area contributed by atoms with E-state index in [2.05, 4.69) is 5.32 Å². The van der Waals surface area contributed by atoms with Crippen LogP contribution in [0.2, 0.25) is 0 Å². The van der Waals surface area contributed by atoms with E-state index in [4.69, 9.17) is 5.11 Å². The Kier molecular flexibility index (Phi) is 6.36. The van der Waals surface area contributed by atoms with Crippen LogP contribution in [0.4, 0.5) is 0 Å². The first kappa shape index (κ1) is 13.3. The maximum Gasteiger partial charge on any atom is 0.326 e. The molecule has 0 bridgehead atoms. The van der Waals surface area contributed by atoms with E-state index < -0.39 is 12.0 Å². The number of rotatable bonds is 6. The Balaban J connectivity index is 3.85. The summed E-state index contributed by atoms with van der Waals surface area (Å²) in [5, 5.41) is 11.5. The summed E-state index contributed by atoms with van der Waals surface area (Å²) >= 11 is 1.50. The highest BCUT2D eigenvalue weighted by molar-refractivity contribution is 8.00. The third kappa shape index (κ3) is 5.85. The highest BCUT2D eigenvalue weighted by atomic mass is 32.2. The minimum absolute atomic E-state index is 0.210. The van der Waals surface area contributed by atoms with E-state index in [-0.39, 0.29) is 5.91 Å². The van der Waals surface area contributed by atoms with E-state index in [1.54, 1.807) is 6.92 Å². The van der Waals surface area contributed by atoms with Crippen LogP contribution in [0.25, 0.3) is 0 Å². The van der Waals surface area contributed by atoms with E-state index in [1.165, 1.54) is 11.8 Å². The van der Waals surface area contributed by atoms with Gasteiger partial charge >= 0.3 is 5.97 Å². The predicted molar refractivity (Wildman–Crippen MR) is 57.5 cm³/mol. The zero-order valence-corrected chi connectivity index (χ0v) is 9.56. The van der Waals surface area contributed by atoms with Gasteiger partial charge in [-0.15, -0.1) is 11.8 Å². The number of carboxylic acids is 1. The van der Waals surface area contributed by atoms with Crippen molar-refractivity contribution in [1.29, 1.82) is 0 Å². The molecule has 4 nitrogen and oxygen atoms in total. The molecule has 0 aromatic rings. The van der Waals surface area contributed by atoms with Gasteiger partial charge in [0.25, 0.3) is 0 Å². The first-order valence-electron chi connectivity index (χ1n) is 4.61. The largest absolute Gasteiger partial charge is 0.480 e. The van der Waals surface area contributed by atoms with E-state index in [0.29, 0.717) is 17.4 Å². The topological polar surface area (TPSA) is 66.4 Å². The average molecular weight is 219 g/mol. The average Bonchev–Trinajstić information content (AvgIpc) is 2.10. The molecule has 0 saturated heterocycles.